The van der Waals surface area contributed by atoms with Crippen LogP contribution in [0.3, 0.4) is 0 Å². The van der Waals surface area contributed by atoms with Gasteiger partial charge in [0.15, 0.2) is 0 Å². The molecule has 0 saturated carbocycles. The predicted octanol–water partition coefficient (Wildman–Crippen LogP) is 0.766. The molecule has 2 rings (SSSR count). The molecule has 0 aromatic heterocycles. The molecule has 1 N–H and O–H groups in total. The summed E-state index contributed by atoms with van der Waals surface area (Å²) in [4.78, 5) is 14.5. The van der Waals surface area contributed by atoms with Crippen molar-refractivity contribution < 1.29 is 17.9 Å². The summed E-state index contributed by atoms with van der Waals surface area (Å²) in [6, 6.07) is 7.72. The molecule has 9 heteroatoms. The lowest BCUT2D eigenvalue weighted by molar-refractivity contribution is -0.126. The number of rotatable bonds is 8. The molecule has 1 saturated heterocycles. The van der Waals surface area contributed by atoms with Gasteiger partial charge in [-0.25, -0.2) is 0 Å². The Labute approximate surface area is 162 Å². The number of hydrogen-bond acceptors (Lipinski definition) is 5. The van der Waals surface area contributed by atoms with E-state index in [9.17, 15) is 13.2 Å². The van der Waals surface area contributed by atoms with E-state index in [2.05, 4.69) is 5.32 Å². The maximum absolute atomic E-state index is 12.5. The Morgan fingerprint density at radius 1 is 1.26 bits per heavy atom. The average Bonchev–Trinajstić information content (AvgIpc) is 2.67. The Morgan fingerprint density at radius 2 is 1.93 bits per heavy atom. The van der Waals surface area contributed by atoms with Gasteiger partial charge in [0.2, 0.25) is 5.91 Å². The summed E-state index contributed by atoms with van der Waals surface area (Å²) in [5.74, 6) is 0.409. The number of carbonyl (C=O) groups is 1. The number of carbonyl (C=O) groups excluding carboxylic acids is 1. The molecule has 27 heavy (non-hydrogen) atoms. The van der Waals surface area contributed by atoms with Gasteiger partial charge in [0.05, 0.1) is 13.0 Å². The topological polar surface area (TPSA) is 82.2 Å². The van der Waals surface area contributed by atoms with E-state index >= 15 is 0 Å². The number of nitrogens with zero attached hydrogens (tertiary/aromatic N) is 3. The van der Waals surface area contributed by atoms with E-state index < -0.39 is 10.2 Å². The van der Waals surface area contributed by atoms with Crippen LogP contribution in [0.2, 0.25) is 0 Å². The molecule has 1 atom stereocenters. The molecular formula is C18H30N4O4S. The van der Waals surface area contributed by atoms with Gasteiger partial charge in [0, 0.05) is 53.0 Å². The van der Waals surface area contributed by atoms with Crippen LogP contribution in [0.1, 0.15) is 12.8 Å². The lowest BCUT2D eigenvalue weighted by atomic mass is 9.99. The normalized spacial score (nSPS) is 18.3. The van der Waals surface area contributed by atoms with E-state index in [0.29, 0.717) is 32.5 Å². The number of amides is 1. The van der Waals surface area contributed by atoms with Crippen molar-refractivity contribution >= 4 is 21.8 Å². The lowest BCUT2D eigenvalue weighted by Crippen LogP contribution is -2.49. The maximum atomic E-state index is 12.5. The van der Waals surface area contributed by atoms with Crippen LogP contribution < -0.4 is 15.0 Å². The SMILES string of the molecule is COc1ccc(N(C)CCNC(=O)[C@H]2CCCN(S(=O)(=O)N(C)C)C2)cc1. The first kappa shape index (κ1) is 21.5. The molecule has 1 aliphatic rings. The minimum absolute atomic E-state index is 0.0863. The minimum Gasteiger partial charge on any atom is -0.497 e. The van der Waals surface area contributed by atoms with Gasteiger partial charge in [0.25, 0.3) is 10.2 Å². The Bertz CT molecular complexity index is 721. The molecule has 1 amide bonds. The van der Waals surface area contributed by atoms with Crippen LogP contribution in [0.25, 0.3) is 0 Å². The molecule has 152 valence electrons. The summed E-state index contributed by atoms with van der Waals surface area (Å²) >= 11 is 0. The van der Waals surface area contributed by atoms with Crippen LogP contribution in [-0.4, -0.2) is 77.4 Å². The van der Waals surface area contributed by atoms with Gasteiger partial charge in [-0.15, -0.1) is 0 Å². The molecule has 1 aromatic carbocycles. The third-order valence-corrected chi connectivity index (χ3v) is 6.71. The van der Waals surface area contributed by atoms with Gasteiger partial charge in [-0.2, -0.15) is 17.0 Å². The number of benzene rings is 1. The van der Waals surface area contributed by atoms with Crippen LogP contribution in [0.4, 0.5) is 5.69 Å². The number of nitrogens with one attached hydrogen (secondary N) is 1. The van der Waals surface area contributed by atoms with E-state index in [1.165, 1.54) is 22.7 Å². The summed E-state index contributed by atoms with van der Waals surface area (Å²) in [5.41, 5.74) is 1.03. The molecular weight excluding hydrogens is 368 g/mol. The van der Waals surface area contributed by atoms with Crippen molar-refractivity contribution in [2.45, 2.75) is 12.8 Å². The first-order valence-electron chi connectivity index (χ1n) is 9.06. The van der Waals surface area contributed by atoms with E-state index in [1.54, 1.807) is 7.11 Å². The third kappa shape index (κ3) is 5.57. The van der Waals surface area contributed by atoms with Crippen LogP contribution in [0, 0.1) is 5.92 Å². The van der Waals surface area contributed by atoms with Crippen molar-refractivity contribution in [2.75, 3.05) is 59.3 Å². The molecule has 0 aliphatic carbocycles. The van der Waals surface area contributed by atoms with Gasteiger partial charge < -0.3 is 15.0 Å². The van der Waals surface area contributed by atoms with Crippen LogP contribution in [0.5, 0.6) is 5.75 Å². The van der Waals surface area contributed by atoms with Crippen molar-refractivity contribution in [1.29, 1.82) is 0 Å². The number of methoxy groups -OCH3 is 1. The van der Waals surface area contributed by atoms with Gasteiger partial charge in [-0.1, -0.05) is 0 Å². The number of piperidine rings is 1. The molecule has 0 unspecified atom stereocenters. The third-order valence-electron chi connectivity index (χ3n) is 4.80. The fourth-order valence-electron chi connectivity index (χ4n) is 3.05. The van der Waals surface area contributed by atoms with Gasteiger partial charge in [0.1, 0.15) is 5.75 Å². The molecule has 0 bridgehead atoms. The lowest BCUT2D eigenvalue weighted by Gasteiger charge is -2.32. The van der Waals surface area contributed by atoms with Crippen molar-refractivity contribution in [3.05, 3.63) is 24.3 Å². The summed E-state index contributed by atoms with van der Waals surface area (Å²) in [5, 5.41) is 2.94. The highest BCUT2D eigenvalue weighted by molar-refractivity contribution is 7.86. The summed E-state index contributed by atoms with van der Waals surface area (Å²) in [6.45, 7) is 1.86. The summed E-state index contributed by atoms with van der Waals surface area (Å²) in [7, 11) is 3.13. The highest BCUT2D eigenvalue weighted by Crippen LogP contribution is 2.20. The van der Waals surface area contributed by atoms with E-state index in [4.69, 9.17) is 4.74 Å². The second kappa shape index (κ2) is 9.38. The first-order chi connectivity index (χ1) is 12.8. The van der Waals surface area contributed by atoms with Crippen molar-refractivity contribution in [3.63, 3.8) is 0 Å². The highest BCUT2D eigenvalue weighted by atomic mass is 32.2. The number of likely N-dealkylation sites (N-methyl/N-ethyl adjacent to an activating group) is 1. The fraction of sp³-hybridized carbons (Fsp3) is 0.611. The minimum atomic E-state index is -3.47. The number of ether oxygens (including phenoxy) is 1. The first-order valence-corrected chi connectivity index (χ1v) is 10.5. The quantitative estimate of drug-likeness (QED) is 0.699. The predicted molar refractivity (Wildman–Crippen MR) is 106 cm³/mol. The Hall–Kier alpha value is -1.84. The van der Waals surface area contributed by atoms with Crippen molar-refractivity contribution in [3.8, 4) is 5.75 Å². The molecule has 1 aliphatic heterocycles. The maximum Gasteiger partial charge on any atom is 0.281 e. The second-order valence-corrected chi connectivity index (χ2v) is 9.04. The standard InChI is InChI=1S/C18H30N4O4S/c1-20(2)27(24,25)22-12-5-6-15(14-22)18(23)19-11-13-21(3)16-7-9-17(26-4)10-8-16/h7-10,15H,5-6,11-14H2,1-4H3,(H,19,23)/t15-/m0/s1. The zero-order valence-electron chi connectivity index (χ0n) is 16.5. The largest absolute Gasteiger partial charge is 0.497 e. The Kier molecular flexibility index (Phi) is 7.46. The van der Waals surface area contributed by atoms with E-state index in [0.717, 1.165) is 11.4 Å². The molecule has 1 aromatic rings. The molecule has 8 nitrogen and oxygen atoms in total. The zero-order valence-corrected chi connectivity index (χ0v) is 17.3. The van der Waals surface area contributed by atoms with Crippen LogP contribution in [-0.2, 0) is 15.0 Å². The zero-order chi connectivity index (χ0) is 20.0. The van der Waals surface area contributed by atoms with Gasteiger partial charge in [-0.05, 0) is 37.1 Å². The molecule has 0 spiro atoms. The van der Waals surface area contributed by atoms with Gasteiger partial charge in [-0.3, -0.25) is 4.79 Å². The highest BCUT2D eigenvalue weighted by Gasteiger charge is 2.33. The van der Waals surface area contributed by atoms with Crippen LogP contribution in [0.15, 0.2) is 24.3 Å². The molecule has 0 radical (unpaired) electrons. The summed E-state index contributed by atoms with van der Waals surface area (Å²) in [6.07, 6.45) is 1.40. The fourth-order valence-corrected chi connectivity index (χ4v) is 4.24. The monoisotopic (exact) mass is 398 g/mol. The Morgan fingerprint density at radius 3 is 2.52 bits per heavy atom. The van der Waals surface area contributed by atoms with Crippen molar-refractivity contribution in [1.82, 2.24) is 13.9 Å². The van der Waals surface area contributed by atoms with Gasteiger partial charge >= 0.3 is 0 Å². The summed E-state index contributed by atoms with van der Waals surface area (Å²) < 4.78 is 32.3. The molecule has 1 fully saturated rings. The molecule has 1 heterocycles. The van der Waals surface area contributed by atoms with E-state index in [1.807, 2.05) is 36.2 Å². The second-order valence-electron chi connectivity index (χ2n) is 6.90. The number of hydrogen-bond donors (Lipinski definition) is 1. The van der Waals surface area contributed by atoms with Crippen LogP contribution >= 0.6 is 0 Å². The Balaban J connectivity index is 1.82. The smallest absolute Gasteiger partial charge is 0.281 e. The average molecular weight is 399 g/mol. The van der Waals surface area contributed by atoms with Crippen molar-refractivity contribution in [2.24, 2.45) is 5.92 Å². The van der Waals surface area contributed by atoms with E-state index in [-0.39, 0.29) is 18.4 Å². The number of anilines is 1.